The van der Waals surface area contributed by atoms with Crippen LogP contribution < -0.4 is 54.4 Å². The molecule has 0 unspecified atom stereocenters. The minimum absolute atomic E-state index is 0.0180. The molecule has 0 fully saturated rings. The van der Waals surface area contributed by atoms with E-state index >= 15 is 0 Å². The highest BCUT2D eigenvalue weighted by atomic mass is 16.5. The lowest BCUT2D eigenvalue weighted by Crippen LogP contribution is -2.54. The largest absolute Gasteiger partial charge is 0.445 e. The quantitative estimate of drug-likeness (QED) is 0.0427. The number of nitrogens with two attached hydrogens (primary N) is 3. The number of hydrogen-bond acceptors (Lipinski definition) is 14. The van der Waals surface area contributed by atoms with Crippen molar-refractivity contribution in [3.05, 3.63) is 101 Å². The summed E-state index contributed by atoms with van der Waals surface area (Å²) in [5.41, 5.74) is 19.9. The lowest BCUT2D eigenvalue weighted by Gasteiger charge is -2.25. The summed E-state index contributed by atoms with van der Waals surface area (Å²) in [6.45, 7) is 3.28. The summed E-state index contributed by atoms with van der Waals surface area (Å²) < 4.78 is 5.24. The molecule has 0 saturated carbocycles. The van der Waals surface area contributed by atoms with Crippen molar-refractivity contribution in [1.82, 2.24) is 36.5 Å². The van der Waals surface area contributed by atoms with Crippen LogP contribution in [0.5, 0.6) is 0 Å². The Kier molecular flexibility index (Phi) is 20.2. The van der Waals surface area contributed by atoms with Crippen molar-refractivity contribution in [3.63, 3.8) is 0 Å². The number of amidine groups is 1. The number of nitrogens with one attached hydrogen (secondary N) is 7. The average Bonchev–Trinajstić information content (AvgIpc) is 3.56. The minimum atomic E-state index is -1.08. The molecule has 3 aromatic rings. The van der Waals surface area contributed by atoms with Gasteiger partial charge in [0.05, 0.1) is 17.6 Å². The maximum atomic E-state index is 13.5. The lowest BCUT2D eigenvalue weighted by molar-refractivity contribution is -0.137. The predicted octanol–water partition coefficient (Wildman–Crippen LogP) is 1.64. The number of primary amides is 2. The maximum absolute atomic E-state index is 13.5. The summed E-state index contributed by atoms with van der Waals surface area (Å²) in [4.78, 5) is 134. The standard InChI is InChI=1S/C49H59N13O11/c1-28(2)43(61-39(63)8-4-3-5-18-62-41(65)15-16-42(62)66)47(70)60-36(7-6-17-54-48(52)71)46(69)57-34-13-9-29(10-14-34)27-73-49(72)56-26-40(64)55-24-30-19-35(25-53-23-30)58-45(68)32-12-11-31-20-33(44(51)67)22-38(50)59-37(31)21-32/h9-16,19-21,23,25,28,36,43H,3-8,17-18,22,24,26-27H2,1-2H3,(H2,50,59)(H2,51,67)(H,55,64)(H,56,72)(H,57,69)(H,58,68)(H,60,70)(H,61,63)(H3,52,54,71)/t36-,43-/m0/s1. The number of aliphatic imine (C=N–C) groups is 1. The number of imide groups is 1. The SMILES string of the molecule is CC(C)[C@H](NC(=O)CCCCCN1C(=O)C=CC1=O)C(=O)N[C@@H](CCCNC(N)=O)C(=O)Nc1ccc(COC(=O)NCC(=O)NCc2cncc(NC(=O)c3ccc4c(c3)N=C(N)CC(C(N)=O)=C4)c2)cc1. The number of alkyl carbamates (subject to hydrolysis) is 1. The number of hydrogen-bond donors (Lipinski definition) is 10. The molecule has 5 rings (SSSR count). The Morgan fingerprint density at radius 1 is 0.767 bits per heavy atom. The van der Waals surface area contributed by atoms with Crippen LogP contribution in [-0.4, -0.2) is 107 Å². The summed E-state index contributed by atoms with van der Waals surface area (Å²) in [6.07, 6.45) is 8.12. The van der Waals surface area contributed by atoms with Crippen LogP contribution in [0.3, 0.4) is 0 Å². The molecular weight excluding hydrogens is 947 g/mol. The second kappa shape index (κ2) is 26.9. The number of carbonyl (C=O) groups is 10. The number of rotatable bonds is 25. The molecule has 2 aliphatic rings. The van der Waals surface area contributed by atoms with Gasteiger partial charge in [-0.3, -0.25) is 48.2 Å². The highest BCUT2D eigenvalue weighted by Crippen LogP contribution is 2.28. The molecule has 24 nitrogen and oxygen atoms in total. The molecule has 0 saturated heterocycles. The van der Waals surface area contributed by atoms with Gasteiger partial charge in [-0.1, -0.05) is 38.5 Å². The first-order valence-electron chi connectivity index (χ1n) is 23.3. The van der Waals surface area contributed by atoms with E-state index in [1.807, 2.05) is 0 Å². The molecule has 73 heavy (non-hydrogen) atoms. The Hall–Kier alpha value is -8.96. The highest BCUT2D eigenvalue weighted by Gasteiger charge is 2.29. The number of ether oxygens (including phenoxy) is 1. The van der Waals surface area contributed by atoms with Gasteiger partial charge >= 0.3 is 12.1 Å². The highest BCUT2D eigenvalue weighted by molar-refractivity contribution is 6.13. The monoisotopic (exact) mass is 1010 g/mol. The smallest absolute Gasteiger partial charge is 0.407 e. The van der Waals surface area contributed by atoms with E-state index in [0.717, 1.165) is 4.90 Å². The fourth-order valence-electron chi connectivity index (χ4n) is 7.29. The van der Waals surface area contributed by atoms with E-state index in [2.05, 4.69) is 47.2 Å². The summed E-state index contributed by atoms with van der Waals surface area (Å²) in [6, 6.07) is 9.81. The summed E-state index contributed by atoms with van der Waals surface area (Å²) in [5, 5.41) is 18.4. The van der Waals surface area contributed by atoms with E-state index in [1.165, 1.54) is 30.6 Å². The Labute approximate surface area is 419 Å². The summed E-state index contributed by atoms with van der Waals surface area (Å²) >= 11 is 0. The zero-order valence-corrected chi connectivity index (χ0v) is 40.3. The minimum Gasteiger partial charge on any atom is -0.445 e. The van der Waals surface area contributed by atoms with Crippen molar-refractivity contribution in [1.29, 1.82) is 0 Å². The van der Waals surface area contributed by atoms with Crippen LogP contribution in [0.25, 0.3) is 6.08 Å². The van der Waals surface area contributed by atoms with Gasteiger partial charge in [-0.05, 0) is 79.1 Å². The van der Waals surface area contributed by atoms with E-state index in [9.17, 15) is 47.9 Å². The van der Waals surface area contributed by atoms with Crippen LogP contribution in [0.1, 0.15) is 85.8 Å². The van der Waals surface area contributed by atoms with Gasteiger partial charge < -0.3 is 59.2 Å². The molecule has 3 heterocycles. The molecule has 11 amide bonds. The molecule has 1 aromatic heterocycles. The van der Waals surface area contributed by atoms with Crippen molar-refractivity contribution < 1.29 is 52.7 Å². The Morgan fingerprint density at radius 2 is 1.51 bits per heavy atom. The number of unbranched alkanes of at least 4 members (excludes halogenated alkanes) is 2. The maximum Gasteiger partial charge on any atom is 0.407 e. The molecule has 2 atom stereocenters. The number of benzene rings is 2. The molecular formula is C49H59N13O11. The molecule has 24 heteroatoms. The van der Waals surface area contributed by atoms with Crippen molar-refractivity contribution in [2.45, 2.75) is 84.0 Å². The van der Waals surface area contributed by atoms with Gasteiger partial charge in [-0.2, -0.15) is 0 Å². The third-order valence-corrected chi connectivity index (χ3v) is 11.2. The normalized spacial score (nSPS) is 13.5. The number of anilines is 2. The first-order valence-corrected chi connectivity index (χ1v) is 23.3. The third kappa shape index (κ3) is 17.7. The number of carbonyl (C=O) groups excluding carboxylic acids is 10. The van der Waals surface area contributed by atoms with Crippen LogP contribution in [0.4, 0.5) is 26.7 Å². The molecule has 2 aromatic carbocycles. The molecule has 13 N–H and O–H groups in total. The third-order valence-electron chi connectivity index (χ3n) is 11.2. The number of fused-ring (bicyclic) bond motifs is 1. The number of pyridine rings is 1. The molecule has 0 spiro atoms. The van der Waals surface area contributed by atoms with E-state index in [0.29, 0.717) is 53.0 Å². The molecule has 0 aliphatic carbocycles. The zero-order valence-electron chi connectivity index (χ0n) is 40.3. The van der Waals surface area contributed by atoms with E-state index in [1.54, 1.807) is 62.4 Å². The summed E-state index contributed by atoms with van der Waals surface area (Å²) in [7, 11) is 0. The number of amides is 11. The van der Waals surface area contributed by atoms with Crippen LogP contribution in [-0.2, 0) is 51.5 Å². The topological polar surface area (TPSA) is 371 Å². The molecule has 0 radical (unpaired) electrons. The summed E-state index contributed by atoms with van der Waals surface area (Å²) in [5.74, 6) is -4.12. The van der Waals surface area contributed by atoms with Gasteiger partial charge in [0.15, 0.2) is 0 Å². The van der Waals surface area contributed by atoms with Gasteiger partial charge in [0.25, 0.3) is 17.7 Å². The number of nitrogens with zero attached hydrogens (tertiary/aromatic N) is 3. The lowest BCUT2D eigenvalue weighted by atomic mass is 10.0. The predicted molar refractivity (Wildman–Crippen MR) is 267 cm³/mol. The van der Waals surface area contributed by atoms with Crippen molar-refractivity contribution in [2.24, 2.45) is 28.1 Å². The van der Waals surface area contributed by atoms with Gasteiger partial charge in [-0.15, -0.1) is 0 Å². The number of aromatic nitrogens is 1. The van der Waals surface area contributed by atoms with Crippen molar-refractivity contribution in [3.8, 4) is 0 Å². The van der Waals surface area contributed by atoms with E-state index in [4.69, 9.17) is 21.9 Å². The molecule has 386 valence electrons. The number of urea groups is 1. The second-order valence-corrected chi connectivity index (χ2v) is 17.3. The Balaban J connectivity index is 1.04. The van der Waals surface area contributed by atoms with Gasteiger partial charge in [0.1, 0.15) is 31.1 Å². The molecule has 0 bridgehead atoms. The second-order valence-electron chi connectivity index (χ2n) is 17.3. The van der Waals surface area contributed by atoms with Gasteiger partial charge in [0.2, 0.25) is 29.5 Å². The van der Waals surface area contributed by atoms with Gasteiger partial charge in [0, 0.05) is 73.2 Å². The van der Waals surface area contributed by atoms with E-state index in [-0.39, 0.29) is 92.5 Å². The fourth-order valence-corrected chi connectivity index (χ4v) is 7.29. The van der Waals surface area contributed by atoms with Crippen LogP contribution >= 0.6 is 0 Å². The van der Waals surface area contributed by atoms with Crippen LogP contribution in [0.15, 0.2) is 83.6 Å². The first kappa shape index (κ1) is 55.0. The fraction of sp³-hybridized carbons (Fsp3) is 0.347. The van der Waals surface area contributed by atoms with Gasteiger partial charge in [-0.25, -0.2) is 14.6 Å². The van der Waals surface area contributed by atoms with Crippen LogP contribution in [0.2, 0.25) is 0 Å². The van der Waals surface area contributed by atoms with Crippen molar-refractivity contribution in [2.75, 3.05) is 30.3 Å². The molecule has 2 aliphatic heterocycles. The van der Waals surface area contributed by atoms with Crippen LogP contribution in [0, 0.1) is 5.92 Å². The first-order chi connectivity index (χ1) is 34.8. The van der Waals surface area contributed by atoms with E-state index < -0.39 is 60.3 Å². The Bertz CT molecular complexity index is 2670. The zero-order chi connectivity index (χ0) is 53.0. The average molecular weight is 1010 g/mol. The van der Waals surface area contributed by atoms with Crippen molar-refractivity contribution >= 4 is 88.4 Å². The Morgan fingerprint density at radius 3 is 2.21 bits per heavy atom.